The van der Waals surface area contributed by atoms with Crippen molar-refractivity contribution in [3.05, 3.63) is 155 Å². The van der Waals surface area contributed by atoms with Crippen molar-refractivity contribution in [1.82, 2.24) is 3.97 Å². The maximum absolute atomic E-state index is 5.57. The highest BCUT2D eigenvalue weighted by Crippen LogP contribution is 2.60. The Balaban J connectivity index is 1.59. The summed E-state index contributed by atoms with van der Waals surface area (Å²) in [6.45, 7) is 6.40. The molecule has 0 bridgehead atoms. The second-order valence-electron chi connectivity index (χ2n) is 10.8. The van der Waals surface area contributed by atoms with Gasteiger partial charge in [-0.3, -0.25) is 0 Å². The second kappa shape index (κ2) is 10.6. The summed E-state index contributed by atoms with van der Waals surface area (Å²) in [5, 5.41) is 0. The molecule has 0 aliphatic carbocycles. The topological polar surface area (TPSA) is 20.3 Å². The lowest BCUT2D eigenvalue weighted by atomic mass is 10.0. The number of halogens is 1. The maximum atomic E-state index is 5.57. The van der Waals surface area contributed by atoms with Crippen LogP contribution in [0.15, 0.2) is 143 Å². The van der Waals surface area contributed by atoms with E-state index in [2.05, 4.69) is 171 Å². The molecule has 5 aromatic rings. The third kappa shape index (κ3) is 4.36. The Morgan fingerprint density at radius 2 is 1.43 bits per heavy atom. The number of nitrogens with zero attached hydrogens (tertiary/aromatic N) is 3. The zero-order valence-corrected chi connectivity index (χ0v) is 26.1. The van der Waals surface area contributed by atoms with Crippen molar-refractivity contribution in [3.63, 3.8) is 0 Å². The van der Waals surface area contributed by atoms with Crippen LogP contribution >= 0.6 is 26.3 Å². The summed E-state index contributed by atoms with van der Waals surface area (Å²) in [6, 6.07) is 41.1. The van der Waals surface area contributed by atoms with Gasteiger partial charge in [-0.05, 0) is 69.3 Å². The van der Waals surface area contributed by atoms with Crippen LogP contribution < -0.4 is 0 Å². The van der Waals surface area contributed by atoms with Crippen molar-refractivity contribution in [1.29, 1.82) is 0 Å². The summed E-state index contributed by atoms with van der Waals surface area (Å²) in [4.78, 5) is 5.57. The van der Waals surface area contributed by atoms with E-state index in [1.807, 2.05) is 0 Å². The van der Waals surface area contributed by atoms with E-state index < -0.39 is 10.4 Å². The van der Waals surface area contributed by atoms with E-state index in [1.165, 1.54) is 16.8 Å². The van der Waals surface area contributed by atoms with Crippen LogP contribution in [0, 0.1) is 6.92 Å². The molecule has 3 nitrogen and oxygen atoms in total. The van der Waals surface area contributed by atoms with Crippen molar-refractivity contribution in [2.24, 2.45) is 4.99 Å². The van der Waals surface area contributed by atoms with Crippen molar-refractivity contribution in [2.75, 3.05) is 12.0 Å². The van der Waals surface area contributed by atoms with Gasteiger partial charge in [-0.15, -0.1) is 6.58 Å². The predicted molar refractivity (Wildman–Crippen MR) is 184 cm³/mol. The molecule has 4 aromatic carbocycles. The van der Waals surface area contributed by atoms with Crippen LogP contribution in [-0.2, 0) is 0 Å². The number of amidine groups is 1. The Bertz CT molecular complexity index is 1920. The average molecular weight is 630 g/mol. The number of benzene rings is 4. The number of allylic oxidation sites excluding steroid dienone is 1. The molecule has 206 valence electrons. The van der Waals surface area contributed by atoms with Gasteiger partial charge in [-0.1, -0.05) is 112 Å². The lowest BCUT2D eigenvalue weighted by Gasteiger charge is -2.39. The van der Waals surface area contributed by atoms with Crippen LogP contribution in [0.4, 0.5) is 5.82 Å². The Morgan fingerprint density at radius 1 is 0.810 bits per heavy atom. The smallest absolute Gasteiger partial charge is 0.232 e. The molecular weight excluding hydrogens is 598 g/mol. The number of hydrogen-bond donors (Lipinski definition) is 0. The summed E-state index contributed by atoms with van der Waals surface area (Å²) < 4.78 is 6.10. The van der Waals surface area contributed by atoms with E-state index in [0.29, 0.717) is 0 Å². The standard InChI is InChI=1S/C37H31BrN3S/c1-4-23-42(3)40-34(29-17-15-26(2)16-18-29)24-32(27-11-7-5-8-12-27)36(40)39-37-33(28-13-9-6-10-14-28)25-35(41(37)42)30-19-21-31(38)22-20-30/h4-22,24-25H,1,23H2,2-3H3/q+1. The molecule has 7 rings (SSSR count). The minimum atomic E-state index is -1.75. The number of hydrogen-bond acceptors (Lipinski definition) is 1. The number of aromatic nitrogens is 1. The first kappa shape index (κ1) is 26.7. The molecule has 0 amide bonds. The minimum Gasteiger partial charge on any atom is -0.232 e. The van der Waals surface area contributed by atoms with Gasteiger partial charge < -0.3 is 0 Å². The average Bonchev–Trinajstić information content (AvgIpc) is 3.60. The van der Waals surface area contributed by atoms with Crippen LogP contribution in [0.1, 0.15) is 16.7 Å². The molecule has 1 unspecified atom stereocenters. The highest BCUT2D eigenvalue weighted by atomic mass is 79.9. The molecule has 42 heavy (non-hydrogen) atoms. The van der Waals surface area contributed by atoms with E-state index >= 15 is 0 Å². The lowest BCUT2D eigenvalue weighted by Crippen LogP contribution is -2.35. The van der Waals surface area contributed by atoms with Crippen LogP contribution in [0.2, 0.25) is 0 Å². The number of aryl methyl sites for hydroxylation is 1. The van der Waals surface area contributed by atoms with Gasteiger partial charge in [0.1, 0.15) is 5.71 Å². The molecule has 0 saturated carbocycles. The summed E-state index contributed by atoms with van der Waals surface area (Å²) in [6.07, 6.45) is 6.80. The van der Waals surface area contributed by atoms with Crippen molar-refractivity contribution >= 4 is 49.3 Å². The highest BCUT2D eigenvalue weighted by Gasteiger charge is 2.48. The van der Waals surface area contributed by atoms with E-state index in [9.17, 15) is 0 Å². The number of fused-ring (bicyclic) bond motifs is 2. The summed E-state index contributed by atoms with van der Waals surface area (Å²) in [5.74, 6) is 2.80. The molecule has 2 aliphatic rings. The van der Waals surface area contributed by atoms with Crippen molar-refractivity contribution in [3.8, 4) is 22.4 Å². The second-order valence-corrected chi connectivity index (χ2v) is 14.8. The van der Waals surface area contributed by atoms with E-state index in [-0.39, 0.29) is 0 Å². The first-order valence-corrected chi connectivity index (χ1v) is 16.9. The minimum absolute atomic E-state index is 0.802. The highest BCUT2D eigenvalue weighted by molar-refractivity contribution is 9.10. The first-order valence-electron chi connectivity index (χ1n) is 14.0. The van der Waals surface area contributed by atoms with Gasteiger partial charge in [-0.2, -0.15) is 3.98 Å². The van der Waals surface area contributed by atoms with Gasteiger partial charge in [0.25, 0.3) is 5.82 Å². The fourth-order valence-electron chi connectivity index (χ4n) is 5.94. The van der Waals surface area contributed by atoms with Gasteiger partial charge in [0, 0.05) is 28.1 Å². The monoisotopic (exact) mass is 628 g/mol. The molecule has 1 atom stereocenters. The van der Waals surface area contributed by atoms with Gasteiger partial charge in [-0.25, -0.2) is 3.97 Å². The normalized spacial score (nSPS) is 18.9. The van der Waals surface area contributed by atoms with Gasteiger partial charge in [0.15, 0.2) is 0 Å². The molecule has 2 aliphatic heterocycles. The van der Waals surface area contributed by atoms with E-state index in [0.717, 1.165) is 55.4 Å². The van der Waals surface area contributed by atoms with Gasteiger partial charge in [0.05, 0.1) is 16.8 Å². The Labute approximate surface area is 257 Å². The molecule has 0 radical (unpaired) electrons. The zero-order chi connectivity index (χ0) is 28.8. The molecule has 0 fully saturated rings. The predicted octanol–water partition coefficient (Wildman–Crippen LogP) is 9.83. The fourth-order valence-corrected chi connectivity index (χ4v) is 9.29. The maximum Gasteiger partial charge on any atom is 0.345 e. The fraction of sp³-hybridized carbons (Fsp3) is 0.0811. The molecular formula is C37H31BrN3S+. The molecule has 0 saturated heterocycles. The van der Waals surface area contributed by atoms with Gasteiger partial charge in [0.2, 0.25) is 0 Å². The molecule has 1 aromatic heterocycles. The van der Waals surface area contributed by atoms with Crippen LogP contribution in [0.3, 0.4) is 0 Å². The van der Waals surface area contributed by atoms with Crippen molar-refractivity contribution in [2.45, 2.75) is 6.92 Å². The van der Waals surface area contributed by atoms with E-state index in [4.69, 9.17) is 4.99 Å². The summed E-state index contributed by atoms with van der Waals surface area (Å²) in [5.41, 5.74) is 10.5. The first-order chi connectivity index (χ1) is 20.5. The molecule has 0 spiro atoms. The quantitative estimate of drug-likeness (QED) is 0.132. The largest absolute Gasteiger partial charge is 0.345 e. The van der Waals surface area contributed by atoms with Crippen LogP contribution in [-0.4, -0.2) is 31.5 Å². The Morgan fingerprint density at radius 3 is 2.07 bits per heavy atom. The van der Waals surface area contributed by atoms with Crippen LogP contribution in [0.25, 0.3) is 28.0 Å². The number of rotatable bonds is 6. The lowest BCUT2D eigenvalue weighted by molar-refractivity contribution is -0.207. The van der Waals surface area contributed by atoms with Crippen molar-refractivity contribution < 1.29 is 3.98 Å². The molecule has 5 heteroatoms. The molecule has 3 heterocycles. The SMILES string of the molecule is C=CCS1(C)n2c(-c3ccc(C)cc3)cc(-c3ccccc3)c2N=C2C(c3ccccc3)=CC(c3ccc(Br)cc3)=[N+]21. The third-order valence-electron chi connectivity index (χ3n) is 7.96. The summed E-state index contributed by atoms with van der Waals surface area (Å²) >= 11 is 3.63. The van der Waals surface area contributed by atoms with Crippen LogP contribution in [0.5, 0.6) is 0 Å². The zero-order valence-electron chi connectivity index (χ0n) is 23.7. The summed E-state index contributed by atoms with van der Waals surface area (Å²) in [7, 11) is -1.75. The Kier molecular flexibility index (Phi) is 6.72. The van der Waals surface area contributed by atoms with E-state index in [1.54, 1.807) is 0 Å². The molecule has 0 N–H and O–H groups in total. The van der Waals surface area contributed by atoms with Gasteiger partial charge >= 0.3 is 5.84 Å². The third-order valence-corrected chi connectivity index (χ3v) is 11.7. The Hall–Kier alpha value is -4.19. The number of aliphatic imine (C=N–C) groups is 1.